The molecule has 29 heavy (non-hydrogen) atoms. The van der Waals surface area contributed by atoms with Crippen LogP contribution in [0.3, 0.4) is 0 Å². The van der Waals surface area contributed by atoms with E-state index in [0.717, 1.165) is 30.4 Å². The smallest absolute Gasteiger partial charge is 0.526 e. The van der Waals surface area contributed by atoms with Gasteiger partial charge in [0.25, 0.3) is 0 Å². The molecule has 0 aliphatic carbocycles. The Morgan fingerprint density at radius 3 is 2.55 bits per heavy atom. The molecule has 3 rings (SSSR count). The summed E-state index contributed by atoms with van der Waals surface area (Å²) in [5.74, 6) is 0.101. The van der Waals surface area contributed by atoms with Crippen molar-refractivity contribution in [1.29, 1.82) is 0 Å². The van der Waals surface area contributed by atoms with Crippen LogP contribution in [0.4, 0.5) is 0 Å². The van der Waals surface area contributed by atoms with E-state index in [9.17, 15) is 14.6 Å². The van der Waals surface area contributed by atoms with Crippen LogP contribution in [0.25, 0.3) is 0 Å². The van der Waals surface area contributed by atoms with E-state index in [2.05, 4.69) is 12.1 Å². The lowest BCUT2D eigenvalue weighted by molar-refractivity contribution is -0.118. The molecule has 5 nitrogen and oxygen atoms in total. The van der Waals surface area contributed by atoms with Crippen molar-refractivity contribution in [2.75, 3.05) is 6.54 Å². The largest absolute Gasteiger partial charge is 0.535 e. The van der Waals surface area contributed by atoms with Gasteiger partial charge in [0.1, 0.15) is 11.5 Å². The first-order valence-electron chi connectivity index (χ1n) is 10.2. The number of carbonyl (C=O) groups is 2. The van der Waals surface area contributed by atoms with Gasteiger partial charge in [-0.1, -0.05) is 36.4 Å². The van der Waals surface area contributed by atoms with Crippen LogP contribution in [0.15, 0.2) is 42.5 Å². The van der Waals surface area contributed by atoms with Crippen molar-refractivity contribution in [2.24, 2.45) is 5.73 Å². The highest BCUT2D eigenvalue weighted by Crippen LogP contribution is 2.36. The number of rotatable bonds is 9. The molecule has 0 amide bonds. The number of benzene rings is 2. The zero-order chi connectivity index (χ0) is 20.8. The maximum atomic E-state index is 12.6. The number of unbranched alkanes of at least 4 members (excludes halogenated alkanes) is 1. The summed E-state index contributed by atoms with van der Waals surface area (Å²) in [6.45, 7) is 2.19. The monoisotopic (exact) mass is 393 g/mol. The van der Waals surface area contributed by atoms with Crippen molar-refractivity contribution in [3.05, 3.63) is 64.7 Å². The summed E-state index contributed by atoms with van der Waals surface area (Å²) in [5, 5.41) is 10.4. The van der Waals surface area contributed by atoms with Gasteiger partial charge >= 0.3 is 7.12 Å². The minimum absolute atomic E-state index is 0.0692. The lowest BCUT2D eigenvalue weighted by atomic mass is 9.64. The molecule has 2 aromatic carbocycles. The van der Waals surface area contributed by atoms with Crippen LogP contribution in [0.2, 0.25) is 5.82 Å². The van der Waals surface area contributed by atoms with E-state index in [4.69, 9.17) is 10.4 Å². The zero-order valence-corrected chi connectivity index (χ0v) is 16.9. The van der Waals surface area contributed by atoms with E-state index in [1.165, 1.54) is 12.5 Å². The maximum absolute atomic E-state index is 12.6. The first-order chi connectivity index (χ1) is 14.0. The highest BCUT2D eigenvalue weighted by atomic mass is 16.5. The fourth-order valence-electron chi connectivity index (χ4n) is 3.82. The van der Waals surface area contributed by atoms with E-state index in [1.54, 1.807) is 6.07 Å². The van der Waals surface area contributed by atoms with E-state index in [1.807, 2.05) is 24.3 Å². The topological polar surface area (TPSA) is 89.6 Å². The zero-order valence-electron chi connectivity index (χ0n) is 16.9. The van der Waals surface area contributed by atoms with Crippen molar-refractivity contribution in [3.8, 4) is 5.75 Å². The Labute approximate surface area is 172 Å². The molecule has 6 heteroatoms. The summed E-state index contributed by atoms with van der Waals surface area (Å²) < 4.78 is 5.62. The van der Waals surface area contributed by atoms with Crippen molar-refractivity contribution in [3.63, 3.8) is 0 Å². The highest BCUT2D eigenvalue weighted by Gasteiger charge is 2.37. The number of ketones is 2. The lowest BCUT2D eigenvalue weighted by Crippen LogP contribution is -2.36. The van der Waals surface area contributed by atoms with Gasteiger partial charge in [0.15, 0.2) is 5.78 Å². The second-order valence-electron chi connectivity index (χ2n) is 7.80. The average Bonchev–Trinajstić information content (AvgIpc) is 2.69. The molecule has 0 saturated heterocycles. The number of fused-ring (bicyclic) bond motifs is 1. The van der Waals surface area contributed by atoms with Crippen LogP contribution < -0.4 is 10.4 Å². The lowest BCUT2D eigenvalue weighted by Gasteiger charge is -2.28. The molecule has 1 heterocycles. The van der Waals surface area contributed by atoms with E-state index in [-0.39, 0.29) is 23.8 Å². The Hall–Kier alpha value is -2.44. The second kappa shape index (κ2) is 9.85. The molecule has 0 radical (unpaired) electrons. The number of hydrogen-bond acceptors (Lipinski definition) is 5. The molecule has 1 atom stereocenters. The minimum Gasteiger partial charge on any atom is -0.535 e. The summed E-state index contributed by atoms with van der Waals surface area (Å²) in [7, 11) is -1.09. The van der Waals surface area contributed by atoms with Gasteiger partial charge in [-0.25, -0.2) is 0 Å². The molecule has 0 saturated carbocycles. The van der Waals surface area contributed by atoms with Crippen LogP contribution in [-0.2, 0) is 24.1 Å². The van der Waals surface area contributed by atoms with Crippen molar-refractivity contribution in [1.82, 2.24) is 0 Å². The van der Waals surface area contributed by atoms with Gasteiger partial charge in [-0.3, -0.25) is 9.59 Å². The summed E-state index contributed by atoms with van der Waals surface area (Å²) in [6.07, 6.45) is 4.18. The van der Waals surface area contributed by atoms with Crippen LogP contribution in [0, 0.1) is 0 Å². The van der Waals surface area contributed by atoms with Crippen LogP contribution in [0.1, 0.15) is 53.2 Å². The van der Waals surface area contributed by atoms with Gasteiger partial charge in [0, 0.05) is 18.7 Å². The molecule has 0 bridgehead atoms. The first-order valence-corrected chi connectivity index (χ1v) is 10.2. The van der Waals surface area contributed by atoms with Crippen LogP contribution >= 0.6 is 0 Å². The third-order valence-corrected chi connectivity index (χ3v) is 5.43. The molecule has 2 aromatic rings. The van der Waals surface area contributed by atoms with Crippen LogP contribution in [0.5, 0.6) is 5.75 Å². The third-order valence-electron chi connectivity index (χ3n) is 5.43. The van der Waals surface area contributed by atoms with Crippen LogP contribution in [-0.4, -0.2) is 30.3 Å². The van der Waals surface area contributed by atoms with Gasteiger partial charge in [-0.15, -0.1) is 0 Å². The predicted octanol–water partition coefficient (Wildman–Crippen LogP) is 3.16. The van der Waals surface area contributed by atoms with Gasteiger partial charge < -0.3 is 15.4 Å². The first kappa shape index (κ1) is 21.3. The van der Waals surface area contributed by atoms with Crippen molar-refractivity contribution >= 4 is 18.7 Å². The summed E-state index contributed by atoms with van der Waals surface area (Å²) in [6, 6.07) is 13.5. The second-order valence-corrected chi connectivity index (χ2v) is 7.80. The normalized spacial score (nSPS) is 15.6. The van der Waals surface area contributed by atoms with Crippen molar-refractivity contribution in [2.45, 2.75) is 51.3 Å². The SMILES string of the molecule is CC(=O)c1cccc2c1OB(O)[C@@H](CC(=O)Cc1ccc(CCCCN)cc1)C2. The minimum atomic E-state index is -1.09. The summed E-state index contributed by atoms with van der Waals surface area (Å²) in [5.41, 5.74) is 9.09. The molecule has 0 spiro atoms. The molecular formula is C23H28BNO4. The average molecular weight is 393 g/mol. The van der Waals surface area contributed by atoms with E-state index >= 15 is 0 Å². The molecular weight excluding hydrogens is 365 g/mol. The summed E-state index contributed by atoms with van der Waals surface area (Å²) >= 11 is 0. The number of nitrogens with two attached hydrogens (primary N) is 1. The number of Topliss-reactive ketones (excluding diaryl/α,β-unsaturated/α-hetero) is 2. The predicted molar refractivity (Wildman–Crippen MR) is 114 cm³/mol. The Morgan fingerprint density at radius 2 is 1.86 bits per heavy atom. The maximum Gasteiger partial charge on any atom is 0.526 e. The number of aryl methyl sites for hydroxylation is 1. The molecule has 1 aliphatic rings. The molecule has 152 valence electrons. The molecule has 1 aliphatic heterocycles. The van der Waals surface area contributed by atoms with Gasteiger partial charge in [0.05, 0.1) is 5.56 Å². The Bertz CT molecular complexity index is 866. The van der Waals surface area contributed by atoms with E-state index < -0.39 is 7.12 Å². The Kier molecular flexibility index (Phi) is 7.23. The third kappa shape index (κ3) is 5.55. The van der Waals surface area contributed by atoms with Gasteiger partial charge in [0.2, 0.25) is 0 Å². The number of para-hydroxylation sites is 1. The molecule has 3 N–H and O–H groups in total. The highest BCUT2D eigenvalue weighted by molar-refractivity contribution is 6.47. The fraction of sp³-hybridized carbons (Fsp3) is 0.391. The standard InChI is InChI=1S/C23H28BNO4/c1-16(26)22-7-4-6-19-14-20(24(28)29-23(19)22)15-21(27)13-18-10-8-17(9-11-18)5-2-3-12-25/h4,6-11,20,28H,2-3,5,12-15,25H2,1H3/t20-/m1/s1. The summed E-state index contributed by atoms with van der Waals surface area (Å²) in [4.78, 5) is 24.3. The Morgan fingerprint density at radius 1 is 1.14 bits per heavy atom. The number of carbonyl (C=O) groups excluding carboxylic acids is 2. The molecule has 0 unspecified atom stereocenters. The Balaban J connectivity index is 1.58. The van der Waals surface area contributed by atoms with E-state index in [0.29, 0.717) is 30.7 Å². The van der Waals surface area contributed by atoms with Gasteiger partial charge in [-0.05, 0) is 61.9 Å². The van der Waals surface area contributed by atoms with Crippen molar-refractivity contribution < 1.29 is 19.3 Å². The molecule has 0 fully saturated rings. The molecule has 0 aromatic heterocycles. The number of hydrogen-bond donors (Lipinski definition) is 2. The fourth-order valence-corrected chi connectivity index (χ4v) is 3.82. The quantitative estimate of drug-likeness (QED) is 0.388. The van der Waals surface area contributed by atoms with Gasteiger partial charge in [-0.2, -0.15) is 0 Å².